The van der Waals surface area contributed by atoms with Gasteiger partial charge in [0.25, 0.3) is 0 Å². The molecule has 0 N–H and O–H groups in total. The molecule has 0 saturated carbocycles. The van der Waals surface area contributed by atoms with Crippen LogP contribution in [0.2, 0.25) is 0 Å². The summed E-state index contributed by atoms with van der Waals surface area (Å²) in [5.74, 6) is 2.00. The fourth-order valence-electron chi connectivity index (χ4n) is 8.32. The SMILES string of the molecule is c1ccc(-c2nc(-c3ccccc3)nc(-c3cccc4c3sc3cccc(-c5cc(-c6ccc7sc8ccccc8c7c6)cc6sc7ccccc7c56)c34)n2)cc1. The third-order valence-electron chi connectivity index (χ3n) is 10.9. The lowest BCUT2D eigenvalue weighted by molar-refractivity contribution is 1.08. The molecule has 266 valence electrons. The van der Waals surface area contributed by atoms with Gasteiger partial charge in [-0.25, -0.2) is 15.0 Å². The first kappa shape index (κ1) is 32.7. The predicted molar refractivity (Wildman–Crippen MR) is 246 cm³/mol. The van der Waals surface area contributed by atoms with Gasteiger partial charge in [-0.1, -0.05) is 127 Å². The summed E-state index contributed by atoms with van der Waals surface area (Å²) in [5.41, 5.74) is 7.88. The molecule has 4 heterocycles. The summed E-state index contributed by atoms with van der Waals surface area (Å²) in [6.45, 7) is 0. The largest absolute Gasteiger partial charge is 0.208 e. The van der Waals surface area contributed by atoms with Gasteiger partial charge in [0.2, 0.25) is 0 Å². The van der Waals surface area contributed by atoms with E-state index in [9.17, 15) is 0 Å². The standard InChI is InChI=1S/C51H29N3S3/c1-3-13-30(14-4-1)49-52-50(31-15-5-2-6-16-31)54-51(53-49)38-21-11-20-37-46-35(19-12-24-44(46)57-48(37)38)40-28-33(29-45-47(40)36-18-8-10-23-42(36)56-45)32-25-26-43-39(27-32)34-17-7-9-22-41(34)55-43/h1-29H. The average molecular weight is 780 g/mol. The number of thiophene rings is 3. The van der Waals surface area contributed by atoms with E-state index < -0.39 is 0 Å². The molecule has 6 heteroatoms. The molecule has 12 rings (SSSR count). The van der Waals surface area contributed by atoms with Crippen molar-refractivity contribution < 1.29 is 0 Å². The summed E-state index contributed by atoms with van der Waals surface area (Å²) in [6, 6.07) is 63.2. The molecular weight excluding hydrogens is 751 g/mol. The summed E-state index contributed by atoms with van der Waals surface area (Å²) < 4.78 is 7.64. The Kier molecular flexibility index (Phi) is 7.45. The van der Waals surface area contributed by atoms with Gasteiger partial charge in [0.15, 0.2) is 17.5 Å². The van der Waals surface area contributed by atoms with Crippen LogP contribution in [-0.4, -0.2) is 15.0 Å². The number of nitrogens with zero attached hydrogens (tertiary/aromatic N) is 3. The van der Waals surface area contributed by atoms with Crippen LogP contribution in [0.3, 0.4) is 0 Å². The van der Waals surface area contributed by atoms with Crippen LogP contribution in [0.1, 0.15) is 0 Å². The summed E-state index contributed by atoms with van der Waals surface area (Å²) in [7, 11) is 0. The Labute approximate surface area is 339 Å². The Morgan fingerprint density at radius 2 is 0.842 bits per heavy atom. The molecular formula is C51H29N3S3. The first-order valence-electron chi connectivity index (χ1n) is 18.9. The molecule has 0 fully saturated rings. The van der Waals surface area contributed by atoms with E-state index in [0.717, 1.165) is 16.7 Å². The van der Waals surface area contributed by atoms with Gasteiger partial charge in [-0.3, -0.25) is 0 Å². The lowest BCUT2D eigenvalue weighted by Gasteiger charge is -2.12. The average Bonchev–Trinajstić information content (AvgIpc) is 3.97. The van der Waals surface area contributed by atoms with Gasteiger partial charge in [-0.2, -0.15) is 0 Å². The van der Waals surface area contributed by atoms with E-state index in [1.807, 2.05) is 70.4 Å². The first-order chi connectivity index (χ1) is 28.2. The number of hydrogen-bond acceptors (Lipinski definition) is 6. The van der Waals surface area contributed by atoms with Crippen LogP contribution < -0.4 is 0 Å². The van der Waals surface area contributed by atoms with E-state index >= 15 is 0 Å². The zero-order valence-electron chi connectivity index (χ0n) is 30.3. The zero-order chi connectivity index (χ0) is 37.5. The normalized spacial score (nSPS) is 11.9. The number of rotatable bonds is 5. The molecule has 0 radical (unpaired) electrons. The van der Waals surface area contributed by atoms with Crippen molar-refractivity contribution in [3.63, 3.8) is 0 Å². The Morgan fingerprint density at radius 1 is 0.281 bits per heavy atom. The fraction of sp³-hybridized carbons (Fsp3) is 0. The number of fused-ring (bicyclic) bond motifs is 9. The smallest absolute Gasteiger partial charge is 0.165 e. The van der Waals surface area contributed by atoms with E-state index in [2.05, 4.69) is 140 Å². The van der Waals surface area contributed by atoms with E-state index in [4.69, 9.17) is 15.0 Å². The van der Waals surface area contributed by atoms with Gasteiger partial charge in [0.05, 0.1) is 0 Å². The molecule has 0 bridgehead atoms. The second-order valence-corrected chi connectivity index (χ2v) is 17.5. The van der Waals surface area contributed by atoms with Crippen molar-refractivity contribution >= 4 is 94.5 Å². The molecule has 3 nitrogen and oxygen atoms in total. The van der Waals surface area contributed by atoms with Crippen LogP contribution >= 0.6 is 34.0 Å². The van der Waals surface area contributed by atoms with Crippen molar-refractivity contribution in [1.29, 1.82) is 0 Å². The van der Waals surface area contributed by atoms with Gasteiger partial charge in [-0.05, 0) is 70.8 Å². The van der Waals surface area contributed by atoms with Gasteiger partial charge in [0, 0.05) is 77.2 Å². The molecule has 0 spiro atoms. The minimum atomic E-state index is 0.662. The fourth-order valence-corrected chi connectivity index (χ4v) is 11.8. The monoisotopic (exact) mass is 779 g/mol. The zero-order valence-corrected chi connectivity index (χ0v) is 32.8. The molecule has 0 atom stereocenters. The van der Waals surface area contributed by atoms with Crippen LogP contribution in [0.4, 0.5) is 0 Å². The molecule has 12 aromatic rings. The third-order valence-corrected chi connectivity index (χ3v) is 14.4. The topological polar surface area (TPSA) is 38.7 Å². The molecule has 57 heavy (non-hydrogen) atoms. The van der Waals surface area contributed by atoms with Crippen molar-refractivity contribution in [2.45, 2.75) is 0 Å². The van der Waals surface area contributed by atoms with Crippen LogP contribution in [0.5, 0.6) is 0 Å². The molecule has 0 saturated heterocycles. The van der Waals surface area contributed by atoms with Crippen LogP contribution in [0, 0.1) is 0 Å². The maximum Gasteiger partial charge on any atom is 0.165 e. The molecule has 0 aliphatic heterocycles. The Bertz CT molecular complexity index is 3470. The predicted octanol–water partition coefficient (Wildman–Crippen LogP) is 15.3. The lowest BCUT2D eigenvalue weighted by atomic mass is 9.91. The van der Waals surface area contributed by atoms with Crippen LogP contribution in [0.15, 0.2) is 176 Å². The second kappa shape index (κ2) is 13.0. The van der Waals surface area contributed by atoms with Crippen molar-refractivity contribution in [3.8, 4) is 56.4 Å². The molecule has 8 aromatic carbocycles. The summed E-state index contributed by atoms with van der Waals surface area (Å²) in [6.07, 6.45) is 0. The molecule has 0 unspecified atom stereocenters. The molecule has 0 amide bonds. The number of benzene rings is 8. The van der Waals surface area contributed by atoms with E-state index in [1.54, 1.807) is 0 Å². The minimum Gasteiger partial charge on any atom is -0.208 e. The maximum absolute atomic E-state index is 5.14. The molecule has 0 aliphatic carbocycles. The van der Waals surface area contributed by atoms with Crippen molar-refractivity contribution in [3.05, 3.63) is 176 Å². The number of aromatic nitrogens is 3. The Morgan fingerprint density at radius 3 is 1.61 bits per heavy atom. The quantitative estimate of drug-likeness (QED) is 0.175. The van der Waals surface area contributed by atoms with Gasteiger partial charge in [0.1, 0.15) is 0 Å². The highest BCUT2D eigenvalue weighted by Crippen LogP contribution is 2.49. The van der Waals surface area contributed by atoms with Crippen LogP contribution in [0.25, 0.3) is 117 Å². The minimum absolute atomic E-state index is 0.662. The highest BCUT2D eigenvalue weighted by Gasteiger charge is 2.21. The summed E-state index contributed by atoms with van der Waals surface area (Å²) >= 11 is 5.56. The Hall–Kier alpha value is -6.57. The van der Waals surface area contributed by atoms with Gasteiger partial charge >= 0.3 is 0 Å². The van der Waals surface area contributed by atoms with Gasteiger partial charge in [-0.15, -0.1) is 34.0 Å². The molecule has 4 aromatic heterocycles. The van der Waals surface area contributed by atoms with Crippen molar-refractivity contribution in [1.82, 2.24) is 15.0 Å². The van der Waals surface area contributed by atoms with E-state index in [0.29, 0.717) is 17.5 Å². The van der Waals surface area contributed by atoms with Crippen molar-refractivity contribution in [2.24, 2.45) is 0 Å². The number of hydrogen-bond donors (Lipinski definition) is 0. The summed E-state index contributed by atoms with van der Waals surface area (Å²) in [5, 5.41) is 7.69. The highest BCUT2D eigenvalue weighted by atomic mass is 32.1. The van der Waals surface area contributed by atoms with Crippen molar-refractivity contribution in [2.75, 3.05) is 0 Å². The van der Waals surface area contributed by atoms with E-state index in [-0.39, 0.29) is 0 Å². The van der Waals surface area contributed by atoms with Gasteiger partial charge < -0.3 is 0 Å². The highest BCUT2D eigenvalue weighted by molar-refractivity contribution is 7.27. The van der Waals surface area contributed by atoms with Crippen LogP contribution in [-0.2, 0) is 0 Å². The lowest BCUT2D eigenvalue weighted by Crippen LogP contribution is -2.00. The second-order valence-electron chi connectivity index (χ2n) is 14.3. The third kappa shape index (κ3) is 5.33. The first-order valence-corrected chi connectivity index (χ1v) is 21.4. The maximum atomic E-state index is 5.14. The molecule has 0 aliphatic rings. The Balaban J connectivity index is 1.10. The summed E-state index contributed by atoms with van der Waals surface area (Å²) in [4.78, 5) is 15.2. The van der Waals surface area contributed by atoms with E-state index in [1.165, 1.54) is 82.8 Å².